The molecular formula is C19H24F3NO4. The van der Waals surface area contributed by atoms with Gasteiger partial charge in [0.1, 0.15) is 5.75 Å². The third-order valence-corrected chi connectivity index (χ3v) is 4.21. The summed E-state index contributed by atoms with van der Waals surface area (Å²) in [6.45, 7) is 6.91. The zero-order valence-corrected chi connectivity index (χ0v) is 16.1. The Balaban J connectivity index is 2.75. The molecule has 150 valence electrons. The van der Waals surface area contributed by atoms with E-state index in [1.54, 1.807) is 13.8 Å². The second kappa shape index (κ2) is 7.78. The molecule has 0 aliphatic rings. The fourth-order valence-corrected chi connectivity index (χ4v) is 2.99. The van der Waals surface area contributed by atoms with Gasteiger partial charge in [-0.05, 0) is 38.3 Å². The quantitative estimate of drug-likeness (QED) is 0.620. The maximum atomic E-state index is 13.3. The van der Waals surface area contributed by atoms with Crippen LogP contribution < -0.4 is 4.74 Å². The topological polar surface area (TPSA) is 61.6 Å². The van der Waals surface area contributed by atoms with Gasteiger partial charge in [0, 0.05) is 5.56 Å². The summed E-state index contributed by atoms with van der Waals surface area (Å²) < 4.78 is 55.7. The van der Waals surface area contributed by atoms with Gasteiger partial charge in [-0.2, -0.15) is 13.2 Å². The summed E-state index contributed by atoms with van der Waals surface area (Å²) in [6, 6.07) is 1.40. The maximum Gasteiger partial charge on any atom is 0.437 e. The molecular weight excluding hydrogens is 363 g/mol. The van der Waals surface area contributed by atoms with Crippen LogP contribution in [0.25, 0.3) is 11.0 Å². The van der Waals surface area contributed by atoms with Crippen LogP contribution >= 0.6 is 0 Å². The van der Waals surface area contributed by atoms with Crippen LogP contribution in [0.15, 0.2) is 10.6 Å². The number of alkyl halides is 3. The number of halogens is 3. The van der Waals surface area contributed by atoms with Crippen LogP contribution in [-0.2, 0) is 28.5 Å². The van der Waals surface area contributed by atoms with Gasteiger partial charge >= 0.3 is 12.1 Å². The SMILES string of the molecule is CCCc1cc2c(C(F)(F)F)noc2c(CCC)c1OC(C)(C)C(=O)OC. The van der Waals surface area contributed by atoms with Gasteiger partial charge in [-0.3, -0.25) is 0 Å². The molecule has 0 N–H and O–H groups in total. The highest BCUT2D eigenvalue weighted by molar-refractivity contribution is 5.87. The van der Waals surface area contributed by atoms with Gasteiger partial charge in [0.2, 0.25) is 0 Å². The van der Waals surface area contributed by atoms with Crippen molar-refractivity contribution in [1.82, 2.24) is 5.16 Å². The highest BCUT2D eigenvalue weighted by atomic mass is 19.4. The Morgan fingerprint density at radius 3 is 2.33 bits per heavy atom. The normalized spacial score (nSPS) is 12.4. The summed E-state index contributed by atoms with van der Waals surface area (Å²) in [7, 11) is 1.25. The fraction of sp³-hybridized carbons (Fsp3) is 0.579. The molecule has 2 aromatic rings. The number of aryl methyl sites for hydroxylation is 2. The number of fused-ring (bicyclic) bond motifs is 1. The highest BCUT2D eigenvalue weighted by Crippen LogP contribution is 2.41. The van der Waals surface area contributed by atoms with Crippen LogP contribution in [0.4, 0.5) is 13.2 Å². The Kier molecular flexibility index (Phi) is 6.07. The number of benzene rings is 1. The number of carbonyl (C=O) groups is 1. The first-order valence-electron chi connectivity index (χ1n) is 8.85. The van der Waals surface area contributed by atoms with Gasteiger partial charge in [-0.1, -0.05) is 31.8 Å². The van der Waals surface area contributed by atoms with Crippen molar-refractivity contribution in [3.63, 3.8) is 0 Å². The van der Waals surface area contributed by atoms with Crippen LogP contribution in [0, 0.1) is 0 Å². The van der Waals surface area contributed by atoms with Gasteiger partial charge in [0.25, 0.3) is 0 Å². The van der Waals surface area contributed by atoms with E-state index in [1.165, 1.54) is 13.2 Å². The Morgan fingerprint density at radius 2 is 1.81 bits per heavy atom. The van der Waals surface area contributed by atoms with Gasteiger partial charge in [0.15, 0.2) is 16.9 Å². The average molecular weight is 387 g/mol. The lowest BCUT2D eigenvalue weighted by Gasteiger charge is -2.27. The average Bonchev–Trinajstić information content (AvgIpc) is 3.01. The lowest BCUT2D eigenvalue weighted by molar-refractivity contribution is -0.156. The summed E-state index contributed by atoms with van der Waals surface area (Å²) in [4.78, 5) is 12.0. The van der Waals surface area contributed by atoms with Crippen LogP contribution in [-0.4, -0.2) is 23.8 Å². The zero-order chi connectivity index (χ0) is 20.4. The minimum atomic E-state index is -4.62. The fourth-order valence-electron chi connectivity index (χ4n) is 2.99. The van der Waals surface area contributed by atoms with E-state index in [-0.39, 0.29) is 11.0 Å². The molecule has 0 spiro atoms. The summed E-state index contributed by atoms with van der Waals surface area (Å²) >= 11 is 0. The van der Waals surface area contributed by atoms with Gasteiger partial charge < -0.3 is 14.0 Å². The van der Waals surface area contributed by atoms with Gasteiger partial charge in [-0.25, -0.2) is 4.79 Å². The number of esters is 1. The summed E-state index contributed by atoms with van der Waals surface area (Å²) in [5.74, 6) is -0.215. The molecule has 0 unspecified atom stereocenters. The first kappa shape index (κ1) is 21.1. The van der Waals surface area contributed by atoms with Crippen molar-refractivity contribution in [2.24, 2.45) is 0 Å². The van der Waals surface area contributed by atoms with E-state index in [2.05, 4.69) is 5.16 Å². The number of carbonyl (C=O) groups excluding carboxylic acids is 1. The Bertz CT molecular complexity index is 824. The smallest absolute Gasteiger partial charge is 0.437 e. The monoisotopic (exact) mass is 387 g/mol. The summed E-state index contributed by atoms with van der Waals surface area (Å²) in [5, 5.41) is 3.17. The second-order valence-corrected chi connectivity index (χ2v) is 6.85. The van der Waals surface area contributed by atoms with E-state index in [1.807, 2.05) is 13.8 Å². The largest absolute Gasteiger partial charge is 0.475 e. The lowest BCUT2D eigenvalue weighted by atomic mass is 9.97. The first-order valence-corrected chi connectivity index (χ1v) is 8.85. The molecule has 0 aliphatic heterocycles. The minimum absolute atomic E-state index is 0.0414. The minimum Gasteiger partial charge on any atom is -0.475 e. The predicted octanol–water partition coefficient (Wildman–Crippen LogP) is 5.08. The van der Waals surface area contributed by atoms with Crippen molar-refractivity contribution < 1.29 is 32.0 Å². The van der Waals surface area contributed by atoms with E-state index in [4.69, 9.17) is 14.0 Å². The molecule has 1 aromatic heterocycles. The predicted molar refractivity (Wildman–Crippen MR) is 93.7 cm³/mol. The van der Waals surface area contributed by atoms with Crippen molar-refractivity contribution in [1.29, 1.82) is 0 Å². The Labute approximate surface area is 155 Å². The Morgan fingerprint density at radius 1 is 1.19 bits per heavy atom. The molecule has 0 bridgehead atoms. The van der Waals surface area contributed by atoms with Gasteiger partial charge in [0.05, 0.1) is 12.5 Å². The van der Waals surface area contributed by atoms with Gasteiger partial charge in [-0.15, -0.1) is 0 Å². The summed E-state index contributed by atoms with van der Waals surface area (Å²) in [5.41, 5.74) is -1.25. The number of hydrogen-bond acceptors (Lipinski definition) is 5. The van der Waals surface area contributed by atoms with E-state index >= 15 is 0 Å². The number of ether oxygens (including phenoxy) is 2. The second-order valence-electron chi connectivity index (χ2n) is 6.85. The molecule has 8 heteroatoms. The zero-order valence-electron chi connectivity index (χ0n) is 16.1. The number of rotatable bonds is 7. The first-order chi connectivity index (χ1) is 12.6. The molecule has 1 heterocycles. The molecule has 2 rings (SSSR count). The molecule has 0 saturated carbocycles. The maximum absolute atomic E-state index is 13.3. The van der Waals surface area contributed by atoms with Crippen molar-refractivity contribution >= 4 is 16.9 Å². The standard InChI is InChI=1S/C19H24F3NO4/c1-6-8-11-10-13-15(27-23-16(13)19(20,21)22)12(9-7-2)14(11)26-18(3,4)17(24)25-5/h10H,6-9H2,1-5H3. The van der Waals surface area contributed by atoms with E-state index in [0.29, 0.717) is 42.6 Å². The molecule has 0 amide bonds. The van der Waals surface area contributed by atoms with E-state index in [9.17, 15) is 18.0 Å². The molecule has 27 heavy (non-hydrogen) atoms. The molecule has 5 nitrogen and oxygen atoms in total. The third kappa shape index (κ3) is 4.20. The molecule has 0 radical (unpaired) electrons. The molecule has 0 saturated heterocycles. The van der Waals surface area contributed by atoms with Crippen LogP contribution in [0.2, 0.25) is 0 Å². The van der Waals surface area contributed by atoms with E-state index in [0.717, 1.165) is 0 Å². The van der Waals surface area contributed by atoms with E-state index < -0.39 is 23.4 Å². The lowest BCUT2D eigenvalue weighted by Crippen LogP contribution is -2.39. The van der Waals surface area contributed by atoms with Crippen LogP contribution in [0.5, 0.6) is 5.75 Å². The highest BCUT2D eigenvalue weighted by Gasteiger charge is 2.39. The number of aromatic nitrogens is 1. The molecule has 1 aromatic carbocycles. The summed E-state index contributed by atoms with van der Waals surface area (Å²) in [6.07, 6.45) is -2.36. The number of nitrogens with zero attached hydrogens (tertiary/aromatic N) is 1. The van der Waals surface area contributed by atoms with Crippen molar-refractivity contribution in [2.45, 2.75) is 65.2 Å². The number of hydrogen-bond donors (Lipinski definition) is 0. The molecule has 0 atom stereocenters. The number of methoxy groups -OCH3 is 1. The van der Waals surface area contributed by atoms with Crippen LogP contribution in [0.1, 0.15) is 57.4 Å². The van der Waals surface area contributed by atoms with Crippen molar-refractivity contribution in [3.05, 3.63) is 22.9 Å². The molecule has 0 aliphatic carbocycles. The van der Waals surface area contributed by atoms with Crippen LogP contribution in [0.3, 0.4) is 0 Å². The molecule has 0 fully saturated rings. The van der Waals surface area contributed by atoms with Crippen molar-refractivity contribution in [3.8, 4) is 5.75 Å². The van der Waals surface area contributed by atoms with Crippen molar-refractivity contribution in [2.75, 3.05) is 7.11 Å². The Hall–Kier alpha value is -2.25. The third-order valence-electron chi connectivity index (χ3n) is 4.21.